The molecule has 2 atom stereocenters. The SMILES string of the molecule is C=C(/N=C\c1cnc(C(/C=C(/O)CC)=C2\C(CC)=CC=CC2C)cc1C)OC[C@H]1CCCN1CCF. The van der Waals surface area contributed by atoms with E-state index in [4.69, 9.17) is 9.72 Å². The van der Waals surface area contributed by atoms with Gasteiger partial charge in [0, 0.05) is 48.5 Å². The van der Waals surface area contributed by atoms with Crippen molar-refractivity contribution in [2.24, 2.45) is 10.9 Å². The molecule has 1 aliphatic heterocycles. The van der Waals surface area contributed by atoms with Crippen LogP contribution in [0.25, 0.3) is 5.57 Å². The van der Waals surface area contributed by atoms with Crippen LogP contribution in [0.2, 0.25) is 0 Å². The zero-order chi connectivity index (χ0) is 26.1. The number of aliphatic hydroxyl groups is 1. The van der Waals surface area contributed by atoms with Crippen LogP contribution in [0.3, 0.4) is 0 Å². The number of aliphatic imine (C=N–C) groups is 1. The fourth-order valence-corrected chi connectivity index (χ4v) is 4.81. The summed E-state index contributed by atoms with van der Waals surface area (Å²) in [5.74, 6) is 0.899. The standard InChI is InChI=1S/C30H40FN3O2/c1-6-24-11-8-10-21(3)30(24)28(17-27(35)7-2)29-16-22(4)25(19-33-29)18-32-23(5)36-20-26-12-9-14-34(26)15-13-31/h8,10-11,16-19,21,26,35H,5-7,9,12-15,20H2,1-4H3/b27-17+,30-28-,32-18-/t21?,26-/m1/s1. The molecule has 6 heteroatoms. The maximum absolute atomic E-state index is 12.7. The highest BCUT2D eigenvalue weighted by Gasteiger charge is 2.24. The van der Waals surface area contributed by atoms with Gasteiger partial charge < -0.3 is 9.84 Å². The van der Waals surface area contributed by atoms with Crippen LogP contribution < -0.4 is 0 Å². The summed E-state index contributed by atoms with van der Waals surface area (Å²) >= 11 is 0. The van der Waals surface area contributed by atoms with E-state index in [9.17, 15) is 9.50 Å². The number of hydrogen-bond donors (Lipinski definition) is 1. The van der Waals surface area contributed by atoms with Gasteiger partial charge in [0.2, 0.25) is 5.88 Å². The van der Waals surface area contributed by atoms with Crippen LogP contribution >= 0.6 is 0 Å². The molecule has 0 amide bonds. The first-order valence-electron chi connectivity index (χ1n) is 13.0. The van der Waals surface area contributed by atoms with E-state index >= 15 is 0 Å². The minimum Gasteiger partial charge on any atom is -0.512 e. The fourth-order valence-electron chi connectivity index (χ4n) is 4.81. The lowest BCUT2D eigenvalue weighted by Gasteiger charge is -2.23. The number of alkyl halides is 1. The highest BCUT2D eigenvalue weighted by Crippen LogP contribution is 2.35. The molecule has 1 fully saturated rings. The molecular formula is C30H40FN3O2. The van der Waals surface area contributed by atoms with E-state index in [-0.39, 0.29) is 18.6 Å². The average Bonchev–Trinajstić information content (AvgIpc) is 3.32. The number of allylic oxidation sites excluding steroid dienone is 8. The number of halogens is 1. The van der Waals surface area contributed by atoms with Crippen molar-refractivity contribution in [3.05, 3.63) is 82.8 Å². The molecule has 0 aromatic carbocycles. The summed E-state index contributed by atoms with van der Waals surface area (Å²) in [4.78, 5) is 11.3. The van der Waals surface area contributed by atoms with Crippen LogP contribution in [0, 0.1) is 12.8 Å². The highest BCUT2D eigenvalue weighted by molar-refractivity contribution is 5.84. The van der Waals surface area contributed by atoms with Crippen LogP contribution in [0.5, 0.6) is 0 Å². The van der Waals surface area contributed by atoms with Gasteiger partial charge in [-0.15, -0.1) is 0 Å². The maximum Gasteiger partial charge on any atom is 0.205 e. The molecule has 36 heavy (non-hydrogen) atoms. The molecule has 5 nitrogen and oxygen atoms in total. The van der Waals surface area contributed by atoms with Gasteiger partial charge in [0.25, 0.3) is 0 Å². The monoisotopic (exact) mass is 493 g/mol. The first kappa shape index (κ1) is 27.6. The third kappa shape index (κ3) is 7.03. The van der Waals surface area contributed by atoms with Gasteiger partial charge in [-0.1, -0.05) is 39.0 Å². The first-order chi connectivity index (χ1) is 17.4. The number of pyridine rings is 1. The Morgan fingerprint density at radius 3 is 2.89 bits per heavy atom. The summed E-state index contributed by atoms with van der Waals surface area (Å²) in [7, 11) is 0. The van der Waals surface area contributed by atoms with Crippen LogP contribution in [-0.4, -0.2) is 53.6 Å². The van der Waals surface area contributed by atoms with E-state index < -0.39 is 0 Å². The van der Waals surface area contributed by atoms with Crippen molar-refractivity contribution in [3.63, 3.8) is 0 Å². The molecule has 3 rings (SSSR count). The van der Waals surface area contributed by atoms with Crippen LogP contribution in [-0.2, 0) is 4.74 Å². The first-order valence-corrected chi connectivity index (χ1v) is 13.0. The van der Waals surface area contributed by atoms with E-state index in [1.165, 1.54) is 11.1 Å². The normalized spacial score (nSPS) is 22.2. The molecule has 0 saturated carbocycles. The summed E-state index contributed by atoms with van der Waals surface area (Å²) < 4.78 is 18.5. The molecule has 194 valence electrons. The maximum atomic E-state index is 12.7. The largest absolute Gasteiger partial charge is 0.512 e. The lowest BCUT2D eigenvalue weighted by Crippen LogP contribution is -2.34. The van der Waals surface area contributed by atoms with E-state index in [0.29, 0.717) is 31.2 Å². The summed E-state index contributed by atoms with van der Waals surface area (Å²) in [5, 5.41) is 10.4. The average molecular weight is 494 g/mol. The Morgan fingerprint density at radius 1 is 1.39 bits per heavy atom. The molecule has 1 N–H and O–H groups in total. The van der Waals surface area contributed by atoms with Gasteiger partial charge >= 0.3 is 0 Å². The Morgan fingerprint density at radius 2 is 2.19 bits per heavy atom. The summed E-state index contributed by atoms with van der Waals surface area (Å²) in [6.07, 6.45) is 15.3. The molecule has 2 aliphatic rings. The van der Waals surface area contributed by atoms with Gasteiger partial charge in [-0.3, -0.25) is 9.88 Å². The van der Waals surface area contributed by atoms with Crippen molar-refractivity contribution >= 4 is 11.8 Å². The second-order valence-corrected chi connectivity index (χ2v) is 9.45. The van der Waals surface area contributed by atoms with Crippen molar-refractivity contribution in [3.8, 4) is 0 Å². The number of likely N-dealkylation sites (tertiary alicyclic amines) is 1. The molecule has 2 heterocycles. The predicted molar refractivity (Wildman–Crippen MR) is 147 cm³/mol. The quantitative estimate of drug-likeness (QED) is 0.270. The van der Waals surface area contributed by atoms with E-state index in [1.807, 2.05) is 26.0 Å². The molecule has 0 bridgehead atoms. The summed E-state index contributed by atoms with van der Waals surface area (Å²) in [5.41, 5.74) is 6.12. The van der Waals surface area contributed by atoms with Crippen molar-refractivity contribution in [1.29, 1.82) is 0 Å². The summed E-state index contributed by atoms with van der Waals surface area (Å²) in [6.45, 7) is 13.7. The Labute approximate surface area is 215 Å². The molecule has 1 unspecified atom stereocenters. The number of ether oxygens (including phenoxy) is 1. The Kier molecular flexibility index (Phi) is 10.2. The van der Waals surface area contributed by atoms with Gasteiger partial charge in [-0.25, -0.2) is 9.38 Å². The topological polar surface area (TPSA) is 58.0 Å². The van der Waals surface area contributed by atoms with Crippen LogP contribution in [0.1, 0.15) is 63.3 Å². The van der Waals surface area contributed by atoms with Gasteiger partial charge in [0.05, 0.1) is 11.5 Å². The molecule has 0 radical (unpaired) electrons. The molecule has 1 aliphatic carbocycles. The van der Waals surface area contributed by atoms with Crippen molar-refractivity contribution in [2.75, 3.05) is 26.4 Å². The van der Waals surface area contributed by atoms with E-state index in [1.54, 1.807) is 12.4 Å². The van der Waals surface area contributed by atoms with Gasteiger partial charge in [-0.05, 0) is 68.2 Å². The lowest BCUT2D eigenvalue weighted by atomic mass is 9.83. The van der Waals surface area contributed by atoms with Crippen molar-refractivity contribution in [2.45, 2.75) is 59.4 Å². The molecule has 1 saturated heterocycles. The number of aryl methyl sites for hydroxylation is 1. The molecule has 1 aromatic rings. The third-order valence-electron chi connectivity index (χ3n) is 6.93. The number of aliphatic hydroxyl groups excluding tert-OH is 1. The third-order valence-corrected chi connectivity index (χ3v) is 6.93. The number of rotatable bonds is 11. The van der Waals surface area contributed by atoms with Crippen LogP contribution in [0.15, 0.2) is 70.9 Å². The van der Waals surface area contributed by atoms with Crippen molar-refractivity contribution < 1.29 is 14.2 Å². The zero-order valence-electron chi connectivity index (χ0n) is 22.1. The smallest absolute Gasteiger partial charge is 0.205 e. The Bertz CT molecular complexity index is 1080. The number of nitrogens with zero attached hydrogens (tertiary/aromatic N) is 3. The number of hydrogen-bond acceptors (Lipinski definition) is 5. The van der Waals surface area contributed by atoms with Gasteiger partial charge in [0.15, 0.2) is 0 Å². The second-order valence-electron chi connectivity index (χ2n) is 9.45. The lowest BCUT2D eigenvalue weighted by molar-refractivity contribution is 0.120. The predicted octanol–water partition coefficient (Wildman–Crippen LogP) is 6.88. The van der Waals surface area contributed by atoms with Gasteiger partial charge in [-0.2, -0.15) is 0 Å². The second kappa shape index (κ2) is 13.4. The minimum absolute atomic E-state index is 0.216. The highest BCUT2D eigenvalue weighted by atomic mass is 19.1. The minimum atomic E-state index is -0.338. The molecular weight excluding hydrogens is 453 g/mol. The Hall–Kier alpha value is -2.99. The fraction of sp³-hybridized carbons (Fsp3) is 0.467. The van der Waals surface area contributed by atoms with Crippen LogP contribution in [0.4, 0.5) is 4.39 Å². The Balaban J connectivity index is 1.79. The summed E-state index contributed by atoms with van der Waals surface area (Å²) in [6, 6.07) is 2.26. The number of aromatic nitrogens is 1. The molecule has 0 spiro atoms. The molecule has 1 aromatic heterocycles. The van der Waals surface area contributed by atoms with E-state index in [0.717, 1.165) is 48.2 Å². The van der Waals surface area contributed by atoms with Crippen molar-refractivity contribution in [1.82, 2.24) is 9.88 Å². The zero-order valence-corrected chi connectivity index (χ0v) is 22.1. The van der Waals surface area contributed by atoms with E-state index in [2.05, 4.69) is 48.5 Å². The van der Waals surface area contributed by atoms with Gasteiger partial charge in [0.1, 0.15) is 13.3 Å².